The molecule has 148 valence electrons. The van der Waals surface area contributed by atoms with Crippen LogP contribution in [0.25, 0.3) is 0 Å². The molecule has 0 N–H and O–H groups in total. The number of hydrogen-bond acceptors (Lipinski definition) is 4. The minimum atomic E-state index is 0.0355. The van der Waals surface area contributed by atoms with Crippen LogP contribution in [0.4, 0.5) is 0 Å². The number of carbonyl (C=O) groups is 2. The van der Waals surface area contributed by atoms with Gasteiger partial charge >= 0.3 is 0 Å². The van der Waals surface area contributed by atoms with Crippen molar-refractivity contribution in [3.05, 3.63) is 11.6 Å². The van der Waals surface area contributed by atoms with Gasteiger partial charge in [0.2, 0.25) is 11.8 Å². The lowest BCUT2D eigenvalue weighted by molar-refractivity contribution is -0.131. The van der Waals surface area contributed by atoms with Gasteiger partial charge in [-0.1, -0.05) is 25.7 Å². The summed E-state index contributed by atoms with van der Waals surface area (Å²) in [6.07, 6.45) is 9.68. The molecule has 1 aromatic rings. The zero-order chi connectivity index (χ0) is 18.8. The van der Waals surface area contributed by atoms with Crippen molar-refractivity contribution in [3.63, 3.8) is 0 Å². The first-order valence-corrected chi connectivity index (χ1v) is 10.6. The molecule has 7 nitrogen and oxygen atoms in total. The van der Waals surface area contributed by atoms with E-state index in [4.69, 9.17) is 0 Å². The number of fused-ring (bicyclic) bond motifs is 1. The maximum Gasteiger partial charge on any atom is 0.222 e. The van der Waals surface area contributed by atoms with Gasteiger partial charge < -0.3 is 14.4 Å². The van der Waals surface area contributed by atoms with E-state index in [1.54, 1.807) is 6.92 Å². The number of hydrogen-bond donors (Lipinski definition) is 0. The van der Waals surface area contributed by atoms with Crippen LogP contribution < -0.4 is 0 Å². The molecule has 2 amide bonds. The molecule has 7 heteroatoms. The molecule has 0 radical (unpaired) electrons. The summed E-state index contributed by atoms with van der Waals surface area (Å²) in [5.74, 6) is 3.00. The topological polar surface area (TPSA) is 71.3 Å². The van der Waals surface area contributed by atoms with Crippen molar-refractivity contribution in [3.8, 4) is 0 Å². The van der Waals surface area contributed by atoms with Crippen molar-refractivity contribution in [1.82, 2.24) is 24.6 Å². The van der Waals surface area contributed by atoms with E-state index in [0.29, 0.717) is 13.0 Å². The van der Waals surface area contributed by atoms with Crippen LogP contribution in [0.5, 0.6) is 0 Å². The summed E-state index contributed by atoms with van der Waals surface area (Å²) in [7, 11) is 0. The van der Waals surface area contributed by atoms with E-state index in [-0.39, 0.29) is 17.9 Å². The lowest BCUT2D eigenvalue weighted by atomic mass is 10.0. The average Bonchev–Trinajstić information content (AvgIpc) is 3.38. The Bertz CT molecular complexity index is 695. The van der Waals surface area contributed by atoms with Crippen molar-refractivity contribution < 1.29 is 9.59 Å². The molecule has 27 heavy (non-hydrogen) atoms. The SMILES string of the molecule is CC(=O)N1CCC[C@@H]1c1nnc2n1CCN(C(=O)CCC1CCCC1)CC2. The van der Waals surface area contributed by atoms with E-state index in [9.17, 15) is 9.59 Å². The Labute approximate surface area is 161 Å². The Morgan fingerprint density at radius 3 is 2.59 bits per heavy atom. The van der Waals surface area contributed by atoms with Crippen LogP contribution in [0.2, 0.25) is 0 Å². The van der Waals surface area contributed by atoms with Crippen LogP contribution in [0, 0.1) is 5.92 Å². The third-order valence-electron chi connectivity index (χ3n) is 6.60. The molecule has 2 aliphatic heterocycles. The van der Waals surface area contributed by atoms with Crippen LogP contribution >= 0.6 is 0 Å². The maximum atomic E-state index is 12.7. The number of aromatic nitrogens is 3. The van der Waals surface area contributed by atoms with Gasteiger partial charge in [0, 0.05) is 45.9 Å². The lowest BCUT2D eigenvalue weighted by Crippen LogP contribution is -2.34. The van der Waals surface area contributed by atoms with Crippen molar-refractivity contribution in [2.45, 2.75) is 77.3 Å². The van der Waals surface area contributed by atoms with E-state index in [1.165, 1.54) is 25.7 Å². The maximum absolute atomic E-state index is 12.7. The van der Waals surface area contributed by atoms with Gasteiger partial charge in [-0.3, -0.25) is 9.59 Å². The Balaban J connectivity index is 1.39. The van der Waals surface area contributed by atoms with Gasteiger partial charge in [-0.2, -0.15) is 0 Å². The zero-order valence-electron chi connectivity index (χ0n) is 16.4. The molecule has 4 rings (SSSR count). The second-order valence-corrected chi connectivity index (χ2v) is 8.32. The van der Waals surface area contributed by atoms with Crippen LogP contribution in [0.15, 0.2) is 0 Å². The molecule has 1 aromatic heterocycles. The highest BCUT2D eigenvalue weighted by Crippen LogP contribution is 2.32. The third kappa shape index (κ3) is 3.87. The highest BCUT2D eigenvalue weighted by molar-refractivity contribution is 5.76. The molecule has 0 aromatic carbocycles. The van der Waals surface area contributed by atoms with Crippen molar-refractivity contribution in [2.24, 2.45) is 5.92 Å². The fourth-order valence-electron chi connectivity index (χ4n) is 5.04. The van der Waals surface area contributed by atoms with E-state index in [1.807, 2.05) is 9.80 Å². The van der Waals surface area contributed by atoms with Gasteiger partial charge in [0.05, 0.1) is 6.04 Å². The first-order chi connectivity index (χ1) is 13.1. The molecule has 3 heterocycles. The van der Waals surface area contributed by atoms with Crippen LogP contribution in [-0.2, 0) is 22.6 Å². The molecular weight excluding hydrogens is 342 g/mol. The minimum absolute atomic E-state index is 0.0355. The Morgan fingerprint density at radius 2 is 1.81 bits per heavy atom. The molecular formula is C20H31N5O2. The van der Waals surface area contributed by atoms with E-state index < -0.39 is 0 Å². The van der Waals surface area contributed by atoms with E-state index in [0.717, 1.165) is 62.9 Å². The fraction of sp³-hybridized carbons (Fsp3) is 0.800. The van der Waals surface area contributed by atoms with Gasteiger partial charge in [-0.05, 0) is 25.2 Å². The molecule has 0 spiro atoms. The fourth-order valence-corrected chi connectivity index (χ4v) is 5.04. The van der Waals surface area contributed by atoms with E-state index in [2.05, 4.69) is 14.8 Å². The quantitative estimate of drug-likeness (QED) is 0.812. The Morgan fingerprint density at radius 1 is 1.00 bits per heavy atom. The first-order valence-electron chi connectivity index (χ1n) is 10.6. The highest BCUT2D eigenvalue weighted by Gasteiger charge is 2.33. The van der Waals surface area contributed by atoms with Crippen LogP contribution in [0.3, 0.4) is 0 Å². The number of rotatable bonds is 4. The van der Waals surface area contributed by atoms with Gasteiger partial charge in [0.1, 0.15) is 5.82 Å². The normalized spacial score (nSPS) is 23.5. The molecule has 0 unspecified atom stereocenters. The van der Waals surface area contributed by atoms with Crippen molar-refractivity contribution in [2.75, 3.05) is 19.6 Å². The number of likely N-dealkylation sites (tertiary alicyclic amines) is 1. The highest BCUT2D eigenvalue weighted by atomic mass is 16.2. The summed E-state index contributed by atoms with van der Waals surface area (Å²) in [4.78, 5) is 28.5. The minimum Gasteiger partial charge on any atom is -0.340 e. The number of nitrogens with zero attached hydrogens (tertiary/aromatic N) is 5. The summed E-state index contributed by atoms with van der Waals surface area (Å²) >= 11 is 0. The van der Waals surface area contributed by atoms with Gasteiger partial charge in [0.25, 0.3) is 0 Å². The molecule has 2 fully saturated rings. The predicted octanol–water partition coefficient (Wildman–Crippen LogP) is 2.32. The predicted molar refractivity (Wildman–Crippen MR) is 101 cm³/mol. The van der Waals surface area contributed by atoms with Gasteiger partial charge in [-0.25, -0.2) is 0 Å². The standard InChI is InChI=1S/C20H31N5O2/c1-15(26)24-11-4-7-17(24)20-22-21-18-10-12-23(13-14-25(18)20)19(27)9-8-16-5-2-3-6-16/h16-17H,2-14H2,1H3/t17-/m1/s1. The van der Waals surface area contributed by atoms with Crippen LogP contribution in [-0.4, -0.2) is 56.0 Å². The molecule has 1 saturated heterocycles. The van der Waals surface area contributed by atoms with Gasteiger partial charge in [-0.15, -0.1) is 10.2 Å². The molecule has 3 aliphatic rings. The molecule has 0 bridgehead atoms. The van der Waals surface area contributed by atoms with Crippen molar-refractivity contribution in [1.29, 1.82) is 0 Å². The Kier molecular flexibility index (Phi) is 5.45. The summed E-state index contributed by atoms with van der Waals surface area (Å²) in [5.41, 5.74) is 0. The second-order valence-electron chi connectivity index (χ2n) is 8.32. The molecule has 1 aliphatic carbocycles. The van der Waals surface area contributed by atoms with Crippen molar-refractivity contribution >= 4 is 11.8 Å². The summed E-state index contributed by atoms with van der Waals surface area (Å²) in [6.45, 7) is 4.60. The number of carbonyl (C=O) groups excluding carboxylic acids is 2. The Hall–Kier alpha value is -1.92. The molecule has 1 atom stereocenters. The zero-order valence-corrected chi connectivity index (χ0v) is 16.4. The third-order valence-corrected chi connectivity index (χ3v) is 6.60. The van der Waals surface area contributed by atoms with Crippen LogP contribution in [0.1, 0.15) is 76.0 Å². The summed E-state index contributed by atoms with van der Waals surface area (Å²) in [5, 5.41) is 8.82. The van der Waals surface area contributed by atoms with E-state index >= 15 is 0 Å². The molecule has 1 saturated carbocycles. The monoisotopic (exact) mass is 373 g/mol. The van der Waals surface area contributed by atoms with Gasteiger partial charge in [0.15, 0.2) is 5.82 Å². The smallest absolute Gasteiger partial charge is 0.222 e. The largest absolute Gasteiger partial charge is 0.340 e. The summed E-state index contributed by atoms with van der Waals surface area (Å²) in [6, 6.07) is 0.0355. The average molecular weight is 374 g/mol. The summed E-state index contributed by atoms with van der Waals surface area (Å²) < 4.78 is 2.16. The first kappa shape index (κ1) is 18.4. The number of amides is 2. The lowest BCUT2D eigenvalue weighted by Gasteiger charge is -2.24. The second kappa shape index (κ2) is 7.98.